The number of guanidine groups is 1. The first kappa shape index (κ1) is 24.0. The number of halogens is 1. The van der Waals surface area contributed by atoms with E-state index in [0.717, 1.165) is 50.5 Å². The van der Waals surface area contributed by atoms with Gasteiger partial charge in [-0.25, -0.2) is 0 Å². The number of aliphatic imine (C=N–C) groups is 1. The van der Waals surface area contributed by atoms with E-state index in [1.807, 2.05) is 0 Å². The zero-order valence-corrected chi connectivity index (χ0v) is 19.8. The lowest BCUT2D eigenvalue weighted by atomic mass is 9.81. The van der Waals surface area contributed by atoms with Crippen molar-refractivity contribution in [3.8, 4) is 0 Å². The number of piperazine rings is 1. The Morgan fingerprint density at radius 1 is 1.15 bits per heavy atom. The fourth-order valence-electron chi connectivity index (χ4n) is 4.16. The molecule has 1 aliphatic carbocycles. The van der Waals surface area contributed by atoms with Crippen LogP contribution in [0, 0.1) is 11.8 Å². The number of hydrogen-bond acceptors (Lipinski definition) is 3. The van der Waals surface area contributed by atoms with Gasteiger partial charge in [0.2, 0.25) is 0 Å². The number of nitrogens with zero attached hydrogens (tertiary/aromatic N) is 3. The van der Waals surface area contributed by atoms with E-state index in [4.69, 9.17) is 4.99 Å². The molecule has 3 unspecified atom stereocenters. The van der Waals surface area contributed by atoms with Gasteiger partial charge in [-0.3, -0.25) is 9.89 Å². The van der Waals surface area contributed by atoms with Crippen LogP contribution in [0.15, 0.2) is 4.99 Å². The van der Waals surface area contributed by atoms with E-state index >= 15 is 0 Å². The molecular formula is C20H42IN5. The first-order valence-electron chi connectivity index (χ1n) is 10.5. The molecular weight excluding hydrogens is 437 g/mol. The van der Waals surface area contributed by atoms with Gasteiger partial charge < -0.3 is 15.5 Å². The quantitative estimate of drug-likeness (QED) is 0.335. The summed E-state index contributed by atoms with van der Waals surface area (Å²) in [6.07, 6.45) is 6.96. The van der Waals surface area contributed by atoms with Crippen LogP contribution in [0.25, 0.3) is 0 Å². The Hall–Kier alpha value is -0.0800. The summed E-state index contributed by atoms with van der Waals surface area (Å²) >= 11 is 0. The molecule has 0 aromatic rings. The molecule has 1 heterocycles. The third-order valence-electron chi connectivity index (χ3n) is 5.91. The standard InChI is InChI=1S/C20H41N5.HI/c1-5-21-20(22-10-9-19-8-6-7-17(2)15-19)23-16-18(3)25-13-11-24(4)12-14-25;/h17-19H,5-16H2,1-4H3,(H2,21,22,23);1H. The van der Waals surface area contributed by atoms with Crippen LogP contribution in [0.1, 0.15) is 52.9 Å². The van der Waals surface area contributed by atoms with Crippen molar-refractivity contribution in [1.29, 1.82) is 0 Å². The van der Waals surface area contributed by atoms with Crippen molar-refractivity contribution in [3.63, 3.8) is 0 Å². The van der Waals surface area contributed by atoms with Crippen LogP contribution in [-0.2, 0) is 0 Å². The zero-order chi connectivity index (χ0) is 18.1. The molecule has 1 aliphatic heterocycles. The third-order valence-corrected chi connectivity index (χ3v) is 5.91. The largest absolute Gasteiger partial charge is 0.357 e. The van der Waals surface area contributed by atoms with Gasteiger partial charge in [-0.1, -0.05) is 26.2 Å². The van der Waals surface area contributed by atoms with Crippen molar-refractivity contribution in [2.24, 2.45) is 16.8 Å². The highest BCUT2D eigenvalue weighted by Crippen LogP contribution is 2.30. The summed E-state index contributed by atoms with van der Waals surface area (Å²) in [4.78, 5) is 9.82. The summed E-state index contributed by atoms with van der Waals surface area (Å²) < 4.78 is 0. The van der Waals surface area contributed by atoms with E-state index in [-0.39, 0.29) is 24.0 Å². The minimum absolute atomic E-state index is 0. The molecule has 26 heavy (non-hydrogen) atoms. The van der Waals surface area contributed by atoms with Crippen LogP contribution >= 0.6 is 24.0 Å². The van der Waals surface area contributed by atoms with Gasteiger partial charge in [0.1, 0.15) is 0 Å². The molecule has 6 heteroatoms. The lowest BCUT2D eigenvalue weighted by molar-refractivity contribution is 0.122. The second-order valence-electron chi connectivity index (χ2n) is 8.26. The van der Waals surface area contributed by atoms with E-state index in [0.29, 0.717) is 6.04 Å². The highest BCUT2D eigenvalue weighted by atomic mass is 127. The van der Waals surface area contributed by atoms with Crippen LogP contribution in [-0.4, -0.2) is 74.7 Å². The molecule has 2 N–H and O–H groups in total. The van der Waals surface area contributed by atoms with E-state index in [2.05, 4.69) is 48.3 Å². The minimum atomic E-state index is 0. The van der Waals surface area contributed by atoms with E-state index < -0.39 is 0 Å². The molecule has 0 aromatic heterocycles. The Bertz CT molecular complexity index is 396. The van der Waals surface area contributed by atoms with Crippen molar-refractivity contribution < 1.29 is 0 Å². The molecule has 0 amide bonds. The van der Waals surface area contributed by atoms with Gasteiger partial charge in [0.05, 0.1) is 6.54 Å². The second kappa shape index (κ2) is 13.2. The maximum atomic E-state index is 4.84. The molecule has 1 saturated carbocycles. The van der Waals surface area contributed by atoms with Gasteiger partial charge in [0, 0.05) is 45.3 Å². The Balaban J connectivity index is 0.00000338. The highest BCUT2D eigenvalue weighted by Gasteiger charge is 2.20. The number of rotatable bonds is 7. The molecule has 1 saturated heterocycles. The second-order valence-corrected chi connectivity index (χ2v) is 8.26. The molecule has 0 spiro atoms. The van der Waals surface area contributed by atoms with E-state index in [9.17, 15) is 0 Å². The predicted molar refractivity (Wildman–Crippen MR) is 124 cm³/mol. The van der Waals surface area contributed by atoms with E-state index in [1.165, 1.54) is 45.2 Å². The summed E-state index contributed by atoms with van der Waals surface area (Å²) in [6, 6.07) is 0.517. The molecule has 0 bridgehead atoms. The first-order chi connectivity index (χ1) is 12.1. The van der Waals surface area contributed by atoms with Crippen LogP contribution in [0.4, 0.5) is 0 Å². The molecule has 0 radical (unpaired) electrons. The lowest BCUT2D eigenvalue weighted by Crippen LogP contribution is -2.49. The van der Waals surface area contributed by atoms with Gasteiger partial charge in [-0.15, -0.1) is 24.0 Å². The zero-order valence-electron chi connectivity index (χ0n) is 17.5. The predicted octanol–water partition coefficient (Wildman–Crippen LogP) is 3.01. The third kappa shape index (κ3) is 8.74. The summed E-state index contributed by atoms with van der Waals surface area (Å²) in [7, 11) is 2.21. The van der Waals surface area contributed by atoms with Gasteiger partial charge in [0.25, 0.3) is 0 Å². The van der Waals surface area contributed by atoms with E-state index in [1.54, 1.807) is 0 Å². The molecule has 0 aromatic carbocycles. The van der Waals surface area contributed by atoms with Crippen molar-refractivity contribution in [1.82, 2.24) is 20.4 Å². The van der Waals surface area contributed by atoms with Crippen LogP contribution < -0.4 is 10.6 Å². The minimum Gasteiger partial charge on any atom is -0.357 e. The molecule has 154 valence electrons. The first-order valence-corrected chi connectivity index (χ1v) is 10.5. The van der Waals surface area contributed by atoms with Gasteiger partial charge in [0.15, 0.2) is 5.96 Å². The van der Waals surface area contributed by atoms with Crippen molar-refractivity contribution in [3.05, 3.63) is 0 Å². The van der Waals surface area contributed by atoms with Crippen LogP contribution in [0.5, 0.6) is 0 Å². The average Bonchev–Trinajstić information content (AvgIpc) is 2.60. The summed E-state index contributed by atoms with van der Waals surface area (Å²) in [5.74, 6) is 2.82. The fraction of sp³-hybridized carbons (Fsp3) is 0.950. The monoisotopic (exact) mass is 479 g/mol. The number of likely N-dealkylation sites (N-methyl/N-ethyl adjacent to an activating group) is 1. The summed E-state index contributed by atoms with van der Waals surface area (Å²) in [5, 5.41) is 6.97. The molecule has 2 rings (SSSR count). The summed E-state index contributed by atoms with van der Waals surface area (Å²) in [6.45, 7) is 14.4. The number of nitrogens with one attached hydrogen (secondary N) is 2. The molecule has 3 atom stereocenters. The van der Waals surface area contributed by atoms with Gasteiger partial charge in [-0.2, -0.15) is 0 Å². The highest BCUT2D eigenvalue weighted by molar-refractivity contribution is 14.0. The Labute approximate surface area is 178 Å². The van der Waals surface area contributed by atoms with Gasteiger partial charge >= 0.3 is 0 Å². The normalized spacial score (nSPS) is 26.8. The van der Waals surface area contributed by atoms with Crippen LogP contribution in [0.3, 0.4) is 0 Å². The van der Waals surface area contributed by atoms with Crippen molar-refractivity contribution >= 4 is 29.9 Å². The smallest absolute Gasteiger partial charge is 0.191 e. The lowest BCUT2D eigenvalue weighted by Gasteiger charge is -2.35. The van der Waals surface area contributed by atoms with Crippen molar-refractivity contribution in [2.75, 3.05) is 52.9 Å². The maximum Gasteiger partial charge on any atom is 0.191 e. The topological polar surface area (TPSA) is 42.9 Å². The average molecular weight is 479 g/mol. The van der Waals surface area contributed by atoms with Crippen LogP contribution in [0.2, 0.25) is 0 Å². The maximum absolute atomic E-state index is 4.84. The van der Waals surface area contributed by atoms with Gasteiger partial charge in [-0.05, 0) is 45.6 Å². The Morgan fingerprint density at radius 2 is 1.88 bits per heavy atom. The number of hydrogen-bond donors (Lipinski definition) is 2. The molecule has 5 nitrogen and oxygen atoms in total. The Morgan fingerprint density at radius 3 is 2.54 bits per heavy atom. The Kier molecular flexibility index (Phi) is 12.1. The summed E-state index contributed by atoms with van der Waals surface area (Å²) in [5.41, 5.74) is 0. The SMILES string of the molecule is CCNC(=NCC(C)N1CCN(C)CC1)NCCC1CCCC(C)C1.I. The fourth-order valence-corrected chi connectivity index (χ4v) is 4.16. The van der Waals surface area contributed by atoms with Crippen molar-refractivity contribution in [2.45, 2.75) is 58.9 Å². The molecule has 2 aliphatic rings. The molecule has 2 fully saturated rings.